The molecule has 7 nitrogen and oxygen atoms in total. The number of amides is 4. The number of aldehydes is 1. The second-order valence-corrected chi connectivity index (χ2v) is 4.82. The second kappa shape index (κ2) is 7.98. The molecular weight excluding hydrogens is 272 g/mol. The van der Waals surface area contributed by atoms with Gasteiger partial charge in [-0.05, 0) is 18.1 Å². The summed E-state index contributed by atoms with van der Waals surface area (Å²) in [7, 11) is 1.43. The summed E-state index contributed by atoms with van der Waals surface area (Å²) in [5.74, 6) is -0.0622. The molecule has 0 aliphatic carbocycles. The minimum Gasteiger partial charge on any atom is -0.341 e. The molecule has 1 unspecified atom stereocenters. The lowest BCUT2D eigenvalue weighted by atomic mass is 10.1. The standard InChI is InChI=1S/C14H20N4O3/c1-10(2)12(9-19)17-14(21)18(13(20)15-3)8-11-6-4-5-7-16-11/h4-7,9-10,12H,8H2,1-3H3,(H,15,20)(H,17,21). The Morgan fingerprint density at radius 3 is 2.52 bits per heavy atom. The van der Waals surface area contributed by atoms with Crippen LogP contribution in [0.1, 0.15) is 19.5 Å². The van der Waals surface area contributed by atoms with E-state index in [1.807, 2.05) is 13.8 Å². The van der Waals surface area contributed by atoms with Crippen LogP contribution in [0.4, 0.5) is 9.59 Å². The first kappa shape index (κ1) is 16.6. The lowest BCUT2D eigenvalue weighted by Crippen LogP contribution is -2.51. The van der Waals surface area contributed by atoms with Gasteiger partial charge in [-0.2, -0.15) is 0 Å². The second-order valence-electron chi connectivity index (χ2n) is 4.82. The van der Waals surface area contributed by atoms with Gasteiger partial charge in [-0.25, -0.2) is 14.5 Å². The largest absolute Gasteiger partial charge is 0.341 e. The molecule has 0 aliphatic heterocycles. The van der Waals surface area contributed by atoms with E-state index in [1.54, 1.807) is 24.4 Å². The number of urea groups is 2. The van der Waals surface area contributed by atoms with E-state index >= 15 is 0 Å². The van der Waals surface area contributed by atoms with E-state index in [0.29, 0.717) is 12.0 Å². The summed E-state index contributed by atoms with van der Waals surface area (Å²) >= 11 is 0. The molecule has 1 aromatic rings. The van der Waals surface area contributed by atoms with Crippen molar-refractivity contribution in [1.29, 1.82) is 0 Å². The molecule has 7 heteroatoms. The average Bonchev–Trinajstić information content (AvgIpc) is 2.49. The molecule has 0 fully saturated rings. The molecule has 1 atom stereocenters. The van der Waals surface area contributed by atoms with Crippen molar-refractivity contribution in [3.05, 3.63) is 30.1 Å². The number of hydrogen-bond acceptors (Lipinski definition) is 4. The lowest BCUT2D eigenvalue weighted by molar-refractivity contribution is -0.110. The minimum absolute atomic E-state index is 0.0238. The Kier molecular flexibility index (Phi) is 6.32. The third-order valence-corrected chi connectivity index (χ3v) is 2.91. The smallest absolute Gasteiger partial charge is 0.326 e. The Morgan fingerprint density at radius 2 is 2.05 bits per heavy atom. The van der Waals surface area contributed by atoms with E-state index in [-0.39, 0.29) is 12.5 Å². The third kappa shape index (κ3) is 4.87. The maximum absolute atomic E-state index is 12.2. The number of aromatic nitrogens is 1. The summed E-state index contributed by atoms with van der Waals surface area (Å²) < 4.78 is 0. The Balaban J connectivity index is 2.84. The van der Waals surface area contributed by atoms with E-state index in [0.717, 1.165) is 4.90 Å². The fourth-order valence-corrected chi connectivity index (χ4v) is 1.60. The predicted octanol–water partition coefficient (Wildman–Crippen LogP) is 1.16. The van der Waals surface area contributed by atoms with Crippen molar-refractivity contribution >= 4 is 18.3 Å². The van der Waals surface area contributed by atoms with Crippen LogP contribution in [-0.4, -0.2) is 41.3 Å². The zero-order valence-corrected chi connectivity index (χ0v) is 12.4. The van der Waals surface area contributed by atoms with Gasteiger partial charge >= 0.3 is 12.1 Å². The van der Waals surface area contributed by atoms with Gasteiger partial charge in [-0.15, -0.1) is 0 Å². The molecule has 21 heavy (non-hydrogen) atoms. The number of rotatable bonds is 5. The highest BCUT2D eigenvalue weighted by Crippen LogP contribution is 2.05. The minimum atomic E-state index is -0.645. The van der Waals surface area contributed by atoms with Gasteiger partial charge in [0.15, 0.2) is 0 Å². The number of nitrogens with one attached hydrogen (secondary N) is 2. The summed E-state index contributed by atoms with van der Waals surface area (Å²) in [6, 6.07) is 3.38. The molecule has 0 bridgehead atoms. The lowest BCUT2D eigenvalue weighted by Gasteiger charge is -2.24. The van der Waals surface area contributed by atoms with Gasteiger partial charge in [-0.1, -0.05) is 19.9 Å². The summed E-state index contributed by atoms with van der Waals surface area (Å²) in [6.45, 7) is 3.64. The Bertz CT molecular complexity index is 490. The average molecular weight is 292 g/mol. The number of imide groups is 1. The number of nitrogens with zero attached hydrogens (tertiary/aromatic N) is 2. The number of pyridine rings is 1. The highest BCUT2D eigenvalue weighted by Gasteiger charge is 2.24. The van der Waals surface area contributed by atoms with Crippen LogP contribution in [0, 0.1) is 5.92 Å². The molecule has 2 N–H and O–H groups in total. The molecule has 0 saturated heterocycles. The van der Waals surface area contributed by atoms with Crippen LogP contribution in [0.15, 0.2) is 24.4 Å². The number of hydrogen-bond donors (Lipinski definition) is 2. The van der Waals surface area contributed by atoms with E-state index in [2.05, 4.69) is 15.6 Å². The molecule has 0 aromatic carbocycles. The summed E-state index contributed by atoms with van der Waals surface area (Å²) in [4.78, 5) is 40.0. The first-order chi connectivity index (χ1) is 9.99. The summed E-state index contributed by atoms with van der Waals surface area (Å²) in [6.07, 6.45) is 2.24. The number of carbonyl (C=O) groups excluding carboxylic acids is 3. The van der Waals surface area contributed by atoms with Crippen LogP contribution in [0.2, 0.25) is 0 Å². The normalized spacial score (nSPS) is 11.6. The Hall–Kier alpha value is -2.44. The van der Waals surface area contributed by atoms with Crippen LogP contribution in [0.3, 0.4) is 0 Å². The van der Waals surface area contributed by atoms with Gasteiger partial charge in [0, 0.05) is 13.2 Å². The van der Waals surface area contributed by atoms with Gasteiger partial charge in [-0.3, -0.25) is 4.98 Å². The Labute approximate surface area is 123 Å². The first-order valence-corrected chi connectivity index (χ1v) is 6.64. The fourth-order valence-electron chi connectivity index (χ4n) is 1.60. The van der Waals surface area contributed by atoms with Crippen molar-refractivity contribution in [2.24, 2.45) is 5.92 Å². The quantitative estimate of drug-likeness (QED) is 0.797. The van der Waals surface area contributed by atoms with Crippen molar-refractivity contribution in [3.8, 4) is 0 Å². The molecular formula is C14H20N4O3. The van der Waals surface area contributed by atoms with Crippen LogP contribution in [-0.2, 0) is 11.3 Å². The molecule has 0 aliphatic rings. The maximum Gasteiger partial charge on any atom is 0.326 e. The molecule has 0 spiro atoms. The van der Waals surface area contributed by atoms with E-state index < -0.39 is 18.1 Å². The van der Waals surface area contributed by atoms with Gasteiger partial charge in [0.1, 0.15) is 6.29 Å². The highest BCUT2D eigenvalue weighted by molar-refractivity contribution is 5.94. The first-order valence-electron chi connectivity index (χ1n) is 6.64. The summed E-state index contributed by atoms with van der Waals surface area (Å²) in [5, 5.41) is 4.93. The van der Waals surface area contributed by atoms with Gasteiger partial charge in [0.2, 0.25) is 0 Å². The Morgan fingerprint density at radius 1 is 1.33 bits per heavy atom. The molecule has 4 amide bonds. The molecule has 0 radical (unpaired) electrons. The molecule has 1 rings (SSSR count). The molecule has 0 saturated carbocycles. The van der Waals surface area contributed by atoms with Crippen molar-refractivity contribution in [2.75, 3.05) is 7.05 Å². The number of carbonyl (C=O) groups is 3. The topological polar surface area (TPSA) is 91.4 Å². The molecule has 1 heterocycles. The van der Waals surface area contributed by atoms with Crippen LogP contribution in [0.5, 0.6) is 0 Å². The van der Waals surface area contributed by atoms with Crippen LogP contribution < -0.4 is 10.6 Å². The van der Waals surface area contributed by atoms with Gasteiger partial charge in [0.25, 0.3) is 0 Å². The van der Waals surface area contributed by atoms with Crippen molar-refractivity contribution in [1.82, 2.24) is 20.5 Å². The zero-order valence-electron chi connectivity index (χ0n) is 12.4. The van der Waals surface area contributed by atoms with Crippen molar-refractivity contribution in [3.63, 3.8) is 0 Å². The highest BCUT2D eigenvalue weighted by atomic mass is 16.2. The monoisotopic (exact) mass is 292 g/mol. The van der Waals surface area contributed by atoms with Gasteiger partial charge in [0.05, 0.1) is 18.3 Å². The SMILES string of the molecule is CNC(=O)N(Cc1ccccn1)C(=O)NC(C=O)C(C)C. The zero-order chi connectivity index (χ0) is 15.8. The third-order valence-electron chi connectivity index (χ3n) is 2.91. The fraction of sp³-hybridized carbons (Fsp3) is 0.429. The predicted molar refractivity (Wildman–Crippen MR) is 77.5 cm³/mol. The van der Waals surface area contributed by atoms with Crippen molar-refractivity contribution in [2.45, 2.75) is 26.4 Å². The van der Waals surface area contributed by atoms with Crippen molar-refractivity contribution < 1.29 is 14.4 Å². The van der Waals surface area contributed by atoms with E-state index in [9.17, 15) is 14.4 Å². The van der Waals surface area contributed by atoms with E-state index in [1.165, 1.54) is 7.05 Å². The van der Waals surface area contributed by atoms with Crippen LogP contribution in [0.25, 0.3) is 0 Å². The van der Waals surface area contributed by atoms with Crippen LogP contribution >= 0.6 is 0 Å². The van der Waals surface area contributed by atoms with E-state index in [4.69, 9.17) is 0 Å². The summed E-state index contributed by atoms with van der Waals surface area (Å²) in [5.41, 5.74) is 0.573. The molecule has 114 valence electrons. The van der Waals surface area contributed by atoms with Gasteiger partial charge < -0.3 is 15.4 Å². The maximum atomic E-state index is 12.2. The molecule has 1 aromatic heterocycles.